The molecule has 0 radical (unpaired) electrons. The van der Waals surface area contributed by atoms with Gasteiger partial charge in [-0.3, -0.25) is 9.36 Å². The number of carbonyl (C=O) groups is 1. The molecule has 5 rings (SSSR count). The van der Waals surface area contributed by atoms with Gasteiger partial charge in [-0.1, -0.05) is 36.4 Å². The monoisotopic (exact) mass is 471 g/mol. The molecule has 35 heavy (non-hydrogen) atoms. The number of rotatable bonds is 7. The van der Waals surface area contributed by atoms with Gasteiger partial charge in [0.2, 0.25) is 5.82 Å². The number of hydrogen-bond donors (Lipinski definition) is 1. The first-order chi connectivity index (χ1) is 17.1. The molecule has 4 aromatic rings. The highest BCUT2D eigenvalue weighted by molar-refractivity contribution is 5.92. The highest BCUT2D eigenvalue weighted by Gasteiger charge is 2.34. The summed E-state index contributed by atoms with van der Waals surface area (Å²) in [6.07, 6.45) is 1.62. The Balaban J connectivity index is 1.46. The van der Waals surface area contributed by atoms with E-state index in [9.17, 15) is 9.18 Å². The number of halogens is 1. The third-order valence-electron chi connectivity index (χ3n) is 6.20. The molecule has 1 amide bonds. The van der Waals surface area contributed by atoms with Crippen molar-refractivity contribution in [2.75, 3.05) is 19.0 Å². The fourth-order valence-corrected chi connectivity index (χ4v) is 4.53. The summed E-state index contributed by atoms with van der Waals surface area (Å²) in [5.74, 6) is 1.06. The van der Waals surface area contributed by atoms with Crippen LogP contribution in [0.3, 0.4) is 0 Å². The van der Waals surface area contributed by atoms with Crippen LogP contribution in [-0.2, 0) is 6.54 Å². The van der Waals surface area contributed by atoms with E-state index in [2.05, 4.69) is 15.5 Å². The van der Waals surface area contributed by atoms with E-state index >= 15 is 0 Å². The number of anilines is 1. The largest absolute Gasteiger partial charge is 0.497 e. The van der Waals surface area contributed by atoms with E-state index in [0.717, 1.165) is 35.5 Å². The first kappa shape index (κ1) is 22.6. The zero-order valence-corrected chi connectivity index (χ0v) is 19.4. The number of nitrogens with zero attached hydrogens (tertiary/aromatic N) is 4. The number of benzene rings is 3. The molecular formula is C27H26FN5O2. The van der Waals surface area contributed by atoms with Crippen LogP contribution in [0.4, 0.5) is 10.1 Å². The molecule has 2 heterocycles. The highest BCUT2D eigenvalue weighted by Crippen LogP contribution is 2.33. The average Bonchev–Trinajstić information content (AvgIpc) is 3.55. The third-order valence-corrected chi connectivity index (χ3v) is 6.20. The maximum Gasteiger partial charge on any atom is 0.292 e. The Labute approximate surface area is 203 Å². The van der Waals surface area contributed by atoms with Crippen molar-refractivity contribution in [3.8, 4) is 11.4 Å². The van der Waals surface area contributed by atoms with Gasteiger partial charge in [0.15, 0.2) is 5.82 Å². The van der Waals surface area contributed by atoms with E-state index < -0.39 is 0 Å². The fraction of sp³-hybridized carbons (Fsp3) is 0.222. The van der Waals surface area contributed by atoms with Crippen molar-refractivity contribution in [3.63, 3.8) is 0 Å². The number of ether oxygens (including phenoxy) is 1. The van der Waals surface area contributed by atoms with Gasteiger partial charge < -0.3 is 15.0 Å². The zero-order chi connectivity index (χ0) is 24.2. The van der Waals surface area contributed by atoms with E-state index in [0.29, 0.717) is 18.9 Å². The Kier molecular flexibility index (Phi) is 6.43. The number of methoxy groups -OCH3 is 1. The minimum Gasteiger partial charge on any atom is -0.497 e. The quantitative estimate of drug-likeness (QED) is 0.411. The Bertz CT molecular complexity index is 1320. The number of likely N-dealkylation sites (tertiary alicyclic amines) is 1. The molecule has 1 N–H and O–H groups in total. The summed E-state index contributed by atoms with van der Waals surface area (Å²) >= 11 is 0. The number of aromatic nitrogens is 3. The lowest BCUT2D eigenvalue weighted by molar-refractivity contribution is 0.0720. The predicted octanol–water partition coefficient (Wildman–Crippen LogP) is 5.00. The molecule has 1 aliphatic heterocycles. The highest BCUT2D eigenvalue weighted by atomic mass is 19.1. The van der Waals surface area contributed by atoms with Gasteiger partial charge >= 0.3 is 0 Å². The van der Waals surface area contributed by atoms with Crippen LogP contribution >= 0.6 is 0 Å². The van der Waals surface area contributed by atoms with Gasteiger partial charge in [0.05, 0.1) is 19.7 Å². The number of hydrogen-bond acceptors (Lipinski definition) is 5. The summed E-state index contributed by atoms with van der Waals surface area (Å²) in [5.41, 5.74) is 2.46. The summed E-state index contributed by atoms with van der Waals surface area (Å²) in [4.78, 5) is 15.5. The van der Waals surface area contributed by atoms with Crippen LogP contribution < -0.4 is 10.1 Å². The SMILES string of the molecule is COc1cccc(NCc2nnc(C(=O)N3CCC[C@@H]3c3cccc(F)c3)n2-c2ccccc2)c1. The summed E-state index contributed by atoms with van der Waals surface area (Å²) in [5, 5.41) is 12.0. The van der Waals surface area contributed by atoms with Crippen molar-refractivity contribution < 1.29 is 13.9 Å². The maximum atomic E-state index is 13.9. The van der Waals surface area contributed by atoms with Gasteiger partial charge in [0.1, 0.15) is 11.6 Å². The van der Waals surface area contributed by atoms with Crippen LogP contribution in [0.25, 0.3) is 5.69 Å². The Morgan fingerprint density at radius 1 is 1.06 bits per heavy atom. The van der Waals surface area contributed by atoms with Gasteiger partial charge in [-0.15, -0.1) is 10.2 Å². The second-order valence-electron chi connectivity index (χ2n) is 8.41. The molecule has 178 valence electrons. The van der Waals surface area contributed by atoms with Gasteiger partial charge in [0.25, 0.3) is 5.91 Å². The molecule has 1 atom stereocenters. The van der Waals surface area contributed by atoms with Gasteiger partial charge in [-0.25, -0.2) is 4.39 Å². The maximum absolute atomic E-state index is 13.9. The van der Waals surface area contributed by atoms with Crippen LogP contribution in [0.15, 0.2) is 78.9 Å². The zero-order valence-electron chi connectivity index (χ0n) is 19.4. The van der Waals surface area contributed by atoms with Gasteiger partial charge in [-0.2, -0.15) is 0 Å². The van der Waals surface area contributed by atoms with Crippen LogP contribution in [0.5, 0.6) is 5.75 Å². The summed E-state index contributed by atoms with van der Waals surface area (Å²) in [6, 6.07) is 23.5. The van der Waals surface area contributed by atoms with Crippen molar-refractivity contribution in [1.29, 1.82) is 0 Å². The molecule has 1 aromatic heterocycles. The summed E-state index contributed by atoms with van der Waals surface area (Å²) in [6.45, 7) is 0.939. The van der Waals surface area contributed by atoms with Gasteiger partial charge in [0, 0.05) is 24.0 Å². The van der Waals surface area contributed by atoms with Crippen molar-refractivity contribution in [2.24, 2.45) is 0 Å². The average molecular weight is 472 g/mol. The van der Waals surface area contributed by atoms with Crippen LogP contribution in [-0.4, -0.2) is 39.2 Å². The first-order valence-electron chi connectivity index (χ1n) is 11.6. The molecule has 0 spiro atoms. The fourth-order valence-electron chi connectivity index (χ4n) is 4.53. The Hall–Kier alpha value is -4.20. The predicted molar refractivity (Wildman–Crippen MR) is 131 cm³/mol. The van der Waals surface area contributed by atoms with Crippen molar-refractivity contribution in [3.05, 3.63) is 102 Å². The smallest absolute Gasteiger partial charge is 0.292 e. The Morgan fingerprint density at radius 2 is 1.89 bits per heavy atom. The molecule has 1 fully saturated rings. The van der Waals surface area contributed by atoms with E-state index in [1.165, 1.54) is 12.1 Å². The standard InChI is InChI=1S/C27H26FN5O2/c1-35-23-13-6-10-21(17-23)29-18-25-30-31-26(33(25)22-11-3-2-4-12-22)27(34)32-15-7-14-24(32)19-8-5-9-20(28)16-19/h2-6,8-13,16-17,24,29H,7,14-15,18H2,1H3/t24-/m1/s1. The minimum absolute atomic E-state index is 0.197. The minimum atomic E-state index is -0.305. The number of nitrogens with one attached hydrogen (secondary N) is 1. The van der Waals surface area contributed by atoms with Crippen LogP contribution in [0, 0.1) is 5.82 Å². The number of carbonyl (C=O) groups excluding carboxylic acids is 1. The molecule has 7 nitrogen and oxygen atoms in total. The normalized spacial score (nSPS) is 15.3. The van der Waals surface area contributed by atoms with E-state index in [1.807, 2.05) is 60.7 Å². The second-order valence-corrected chi connectivity index (χ2v) is 8.41. The molecule has 0 saturated carbocycles. The second kappa shape index (κ2) is 9.97. The van der Waals surface area contributed by atoms with Crippen molar-refractivity contribution in [2.45, 2.75) is 25.4 Å². The van der Waals surface area contributed by atoms with Crippen molar-refractivity contribution >= 4 is 11.6 Å². The van der Waals surface area contributed by atoms with E-state index in [4.69, 9.17) is 4.74 Å². The van der Waals surface area contributed by atoms with Gasteiger partial charge in [-0.05, 0) is 54.8 Å². The molecule has 1 saturated heterocycles. The molecule has 0 unspecified atom stereocenters. The van der Waals surface area contributed by atoms with E-state index in [-0.39, 0.29) is 23.6 Å². The number of para-hydroxylation sites is 1. The third kappa shape index (κ3) is 4.73. The topological polar surface area (TPSA) is 72.3 Å². The lowest BCUT2D eigenvalue weighted by Crippen LogP contribution is -2.33. The molecule has 3 aromatic carbocycles. The summed E-state index contributed by atoms with van der Waals surface area (Å²) in [7, 11) is 1.62. The number of amides is 1. The molecule has 1 aliphatic rings. The molecular weight excluding hydrogens is 445 g/mol. The molecule has 0 aliphatic carbocycles. The Morgan fingerprint density at radius 3 is 2.69 bits per heavy atom. The lowest BCUT2D eigenvalue weighted by atomic mass is 10.0. The van der Waals surface area contributed by atoms with Crippen LogP contribution in [0.1, 0.15) is 40.9 Å². The summed E-state index contributed by atoms with van der Waals surface area (Å²) < 4.78 is 21.0. The molecule has 8 heteroatoms. The van der Waals surface area contributed by atoms with Crippen LogP contribution in [0.2, 0.25) is 0 Å². The molecule has 0 bridgehead atoms. The van der Waals surface area contributed by atoms with E-state index in [1.54, 1.807) is 22.6 Å². The first-order valence-corrected chi connectivity index (χ1v) is 11.6. The lowest BCUT2D eigenvalue weighted by Gasteiger charge is -2.25. The van der Waals surface area contributed by atoms with Crippen molar-refractivity contribution in [1.82, 2.24) is 19.7 Å².